The first kappa shape index (κ1) is 26.9. The molecular weight excluding hydrogens is 464 g/mol. The molecular formula is C28H37ClN2O4. The molecule has 0 saturated heterocycles. The van der Waals surface area contributed by atoms with Crippen LogP contribution >= 0.6 is 11.6 Å². The van der Waals surface area contributed by atoms with E-state index in [2.05, 4.69) is 11.5 Å². The smallest absolute Gasteiger partial charge is 0.306 e. The number of aliphatic carboxylic acids is 1. The summed E-state index contributed by atoms with van der Waals surface area (Å²) in [4.78, 5) is 15.8. The number of carboxylic acids is 1. The predicted octanol–water partition coefficient (Wildman–Crippen LogP) is 7.28. The van der Waals surface area contributed by atoms with Crippen molar-refractivity contribution in [2.75, 3.05) is 13.2 Å². The third-order valence-electron chi connectivity index (χ3n) is 6.34. The average molecular weight is 501 g/mol. The molecule has 1 aromatic heterocycles. The molecule has 1 heterocycles. The van der Waals surface area contributed by atoms with Gasteiger partial charge in [-0.3, -0.25) is 4.79 Å². The maximum absolute atomic E-state index is 11.2. The van der Waals surface area contributed by atoms with Gasteiger partial charge in [-0.15, -0.1) is 0 Å². The van der Waals surface area contributed by atoms with Gasteiger partial charge in [0, 0.05) is 11.1 Å². The molecule has 7 heteroatoms. The van der Waals surface area contributed by atoms with Crippen molar-refractivity contribution in [2.24, 2.45) is 5.92 Å². The fraction of sp³-hybridized carbons (Fsp3) is 0.500. The third-order valence-corrected chi connectivity index (χ3v) is 6.69. The molecule has 1 unspecified atom stereocenters. The highest BCUT2D eigenvalue weighted by Gasteiger charge is 2.14. The van der Waals surface area contributed by atoms with Crippen molar-refractivity contribution in [2.45, 2.75) is 72.3 Å². The summed E-state index contributed by atoms with van der Waals surface area (Å²) in [5, 5.41) is 9.85. The molecule has 0 radical (unpaired) electrons. The fourth-order valence-corrected chi connectivity index (χ4v) is 4.39. The van der Waals surface area contributed by atoms with E-state index in [4.69, 9.17) is 26.1 Å². The van der Waals surface area contributed by atoms with Gasteiger partial charge < -0.3 is 19.1 Å². The maximum Gasteiger partial charge on any atom is 0.306 e. The van der Waals surface area contributed by atoms with Gasteiger partial charge in [-0.25, -0.2) is 4.98 Å². The molecule has 0 fully saturated rings. The molecule has 0 bridgehead atoms. The molecule has 0 spiro atoms. The number of fused-ring (bicyclic) bond motifs is 1. The molecule has 0 amide bonds. The van der Waals surface area contributed by atoms with Crippen molar-refractivity contribution in [1.82, 2.24) is 9.55 Å². The number of hydrogen-bond acceptors (Lipinski definition) is 4. The van der Waals surface area contributed by atoms with Gasteiger partial charge in [-0.05, 0) is 68.9 Å². The number of rotatable bonds is 15. The number of carboxylic acid groups (broad SMARTS) is 1. The molecule has 0 aliphatic carbocycles. The lowest BCUT2D eigenvalue weighted by molar-refractivity contribution is -0.142. The topological polar surface area (TPSA) is 73.6 Å². The van der Waals surface area contributed by atoms with E-state index in [1.54, 1.807) is 0 Å². The minimum Gasteiger partial charge on any atom is -0.494 e. The van der Waals surface area contributed by atoms with E-state index < -0.39 is 5.97 Å². The summed E-state index contributed by atoms with van der Waals surface area (Å²) in [5.41, 5.74) is 2.91. The quantitative estimate of drug-likeness (QED) is 0.222. The van der Waals surface area contributed by atoms with Gasteiger partial charge in [0.1, 0.15) is 17.3 Å². The summed E-state index contributed by atoms with van der Waals surface area (Å²) in [6.07, 6.45) is 6.37. The van der Waals surface area contributed by atoms with Crippen LogP contribution in [0.3, 0.4) is 0 Å². The van der Waals surface area contributed by atoms with Gasteiger partial charge in [-0.2, -0.15) is 0 Å². The Labute approximate surface area is 213 Å². The van der Waals surface area contributed by atoms with Gasteiger partial charge in [-0.1, -0.05) is 44.4 Å². The Hall–Kier alpha value is -2.73. The van der Waals surface area contributed by atoms with Crippen LogP contribution in [0.1, 0.15) is 70.2 Å². The van der Waals surface area contributed by atoms with Gasteiger partial charge in [0.05, 0.1) is 36.7 Å². The van der Waals surface area contributed by atoms with Crippen LogP contribution < -0.4 is 9.47 Å². The summed E-state index contributed by atoms with van der Waals surface area (Å²) in [6, 6.07) is 11.8. The number of unbranched alkanes of at least 4 members (excludes halogenated alkanes) is 3. The summed E-state index contributed by atoms with van der Waals surface area (Å²) < 4.78 is 13.9. The number of nitrogens with zero attached hydrogens (tertiary/aromatic N) is 2. The number of halogens is 1. The number of benzene rings is 2. The second-order valence-electron chi connectivity index (χ2n) is 8.99. The Morgan fingerprint density at radius 1 is 1.03 bits per heavy atom. The van der Waals surface area contributed by atoms with Crippen LogP contribution in [0.2, 0.25) is 5.02 Å². The first-order valence-electron chi connectivity index (χ1n) is 12.7. The van der Waals surface area contributed by atoms with Crippen LogP contribution in [-0.2, 0) is 11.3 Å². The molecule has 6 nitrogen and oxygen atoms in total. The summed E-state index contributed by atoms with van der Waals surface area (Å²) in [6.45, 7) is 7.95. The molecule has 35 heavy (non-hydrogen) atoms. The number of carbonyl (C=O) groups is 1. The summed E-state index contributed by atoms with van der Waals surface area (Å²) in [7, 11) is 0. The van der Waals surface area contributed by atoms with E-state index >= 15 is 0 Å². The molecule has 0 aliphatic heterocycles. The van der Waals surface area contributed by atoms with Crippen molar-refractivity contribution in [1.29, 1.82) is 0 Å². The summed E-state index contributed by atoms with van der Waals surface area (Å²) in [5.74, 6) is 1.51. The first-order valence-corrected chi connectivity index (χ1v) is 13.0. The largest absolute Gasteiger partial charge is 0.494 e. The van der Waals surface area contributed by atoms with Gasteiger partial charge in [0.15, 0.2) is 0 Å². The van der Waals surface area contributed by atoms with Crippen LogP contribution in [-0.4, -0.2) is 33.8 Å². The number of ether oxygens (including phenoxy) is 2. The first-order chi connectivity index (χ1) is 16.9. The lowest BCUT2D eigenvalue weighted by atomic mass is 10.00. The zero-order chi connectivity index (χ0) is 25.2. The minimum atomic E-state index is -0.711. The number of hydrogen-bond donors (Lipinski definition) is 1. The minimum absolute atomic E-state index is 0.266. The summed E-state index contributed by atoms with van der Waals surface area (Å²) >= 11 is 6.60. The molecule has 1 atom stereocenters. The molecule has 2 aromatic carbocycles. The zero-order valence-electron chi connectivity index (χ0n) is 21.1. The standard InChI is InChI=1S/C28H37ClN2O4/c1-4-6-8-15-34-23-12-11-22(25(29)17-23)19-31-20(3)30-26-14-13-24(18-27(26)31)35-16-9-7-10-21(5-2)28(32)33/h11-14,17-18,21H,4-10,15-16,19H2,1-3H3,(H,32,33). The normalized spacial score (nSPS) is 12.1. The fourth-order valence-electron chi connectivity index (χ4n) is 4.16. The molecule has 0 aliphatic rings. The van der Waals surface area contributed by atoms with Crippen molar-refractivity contribution < 1.29 is 19.4 Å². The van der Waals surface area contributed by atoms with Gasteiger partial charge in [0.25, 0.3) is 0 Å². The van der Waals surface area contributed by atoms with Crippen LogP contribution in [0.4, 0.5) is 0 Å². The Balaban J connectivity index is 1.62. The lowest BCUT2D eigenvalue weighted by Gasteiger charge is -2.12. The SMILES string of the molecule is CCCCCOc1ccc(Cn2c(C)nc3ccc(OCCCCC(CC)C(=O)O)cc32)c(Cl)c1. The number of aryl methyl sites for hydroxylation is 1. The highest BCUT2D eigenvalue weighted by atomic mass is 35.5. The highest BCUT2D eigenvalue weighted by Crippen LogP contribution is 2.27. The number of aromatic nitrogens is 2. The van der Waals surface area contributed by atoms with Crippen LogP contribution in [0.15, 0.2) is 36.4 Å². The van der Waals surface area contributed by atoms with Crippen LogP contribution in [0.5, 0.6) is 11.5 Å². The molecule has 190 valence electrons. The third kappa shape index (κ3) is 7.63. The van der Waals surface area contributed by atoms with Crippen LogP contribution in [0.25, 0.3) is 11.0 Å². The van der Waals surface area contributed by atoms with Gasteiger partial charge >= 0.3 is 5.97 Å². The Kier molecular flexibility index (Phi) is 10.3. The zero-order valence-corrected chi connectivity index (χ0v) is 21.8. The Morgan fingerprint density at radius 2 is 1.71 bits per heavy atom. The van der Waals surface area contributed by atoms with E-state index in [1.807, 2.05) is 50.2 Å². The Bertz CT molecular complexity index is 1110. The van der Waals surface area contributed by atoms with E-state index in [1.165, 1.54) is 6.42 Å². The second kappa shape index (κ2) is 13.4. The predicted molar refractivity (Wildman–Crippen MR) is 141 cm³/mol. The van der Waals surface area contributed by atoms with E-state index in [0.29, 0.717) is 37.6 Å². The van der Waals surface area contributed by atoms with Crippen molar-refractivity contribution in [3.05, 3.63) is 52.8 Å². The van der Waals surface area contributed by atoms with Crippen molar-refractivity contribution >= 4 is 28.6 Å². The van der Waals surface area contributed by atoms with Gasteiger partial charge in [0.2, 0.25) is 0 Å². The van der Waals surface area contributed by atoms with Crippen molar-refractivity contribution in [3.8, 4) is 11.5 Å². The van der Waals surface area contributed by atoms with E-state index in [-0.39, 0.29) is 5.92 Å². The van der Waals surface area contributed by atoms with E-state index in [9.17, 15) is 9.90 Å². The maximum atomic E-state index is 11.2. The number of imidazole rings is 1. The molecule has 0 saturated carbocycles. The lowest BCUT2D eigenvalue weighted by Crippen LogP contribution is -2.12. The van der Waals surface area contributed by atoms with Crippen LogP contribution in [0, 0.1) is 12.8 Å². The second-order valence-corrected chi connectivity index (χ2v) is 9.40. The van der Waals surface area contributed by atoms with Crippen molar-refractivity contribution in [3.63, 3.8) is 0 Å². The monoisotopic (exact) mass is 500 g/mol. The van der Waals surface area contributed by atoms with E-state index in [0.717, 1.165) is 59.6 Å². The highest BCUT2D eigenvalue weighted by molar-refractivity contribution is 6.31. The molecule has 3 aromatic rings. The average Bonchev–Trinajstić information content (AvgIpc) is 3.14. The Morgan fingerprint density at radius 3 is 2.37 bits per heavy atom. The molecule has 1 N–H and O–H groups in total. The molecule has 3 rings (SSSR count).